The first-order chi connectivity index (χ1) is 16.8. The van der Waals surface area contributed by atoms with Crippen LogP contribution in [0.25, 0.3) is 0 Å². The standard InChI is InChI=1S/C32H52Br2Si2/c1-11-15-17-25(13-3)23-29-27(19-21-35(5,6)7)32(34)30(24-26(14-4)18-16-12-2)28(31(29)33)20-22-36(8,9)10/h25-26H,11-18,23-24H2,1-10H3. The summed E-state index contributed by atoms with van der Waals surface area (Å²) < 4.78 is 2.43. The van der Waals surface area contributed by atoms with Crippen molar-refractivity contribution in [3.63, 3.8) is 0 Å². The monoisotopic (exact) mass is 650 g/mol. The highest BCUT2D eigenvalue weighted by atomic mass is 79.9. The maximum Gasteiger partial charge on any atom is 0.129 e. The summed E-state index contributed by atoms with van der Waals surface area (Å²) in [5, 5.41) is 0. The molecule has 0 N–H and O–H groups in total. The second kappa shape index (κ2) is 16.0. The fraction of sp³-hybridized carbons (Fsp3) is 0.688. The van der Waals surface area contributed by atoms with E-state index in [0.717, 1.165) is 12.8 Å². The molecule has 202 valence electrons. The van der Waals surface area contributed by atoms with E-state index >= 15 is 0 Å². The summed E-state index contributed by atoms with van der Waals surface area (Å²) in [6.07, 6.45) is 12.2. The molecule has 36 heavy (non-hydrogen) atoms. The highest BCUT2D eigenvalue weighted by molar-refractivity contribution is 9.11. The maximum atomic E-state index is 4.13. The van der Waals surface area contributed by atoms with Gasteiger partial charge in [-0.25, -0.2) is 0 Å². The fourth-order valence-corrected chi connectivity index (χ4v) is 6.79. The average Bonchev–Trinajstić information content (AvgIpc) is 2.79. The summed E-state index contributed by atoms with van der Waals surface area (Å²) in [7, 11) is -3.04. The SMILES string of the molecule is CCCCC(CC)Cc1c(Br)c(C#C[Si](C)(C)C)c(CC(CC)CCCC)c(Br)c1C#C[Si](C)(C)C. The van der Waals surface area contributed by atoms with Crippen LogP contribution in [-0.4, -0.2) is 16.1 Å². The van der Waals surface area contributed by atoms with Gasteiger partial charge in [0.2, 0.25) is 0 Å². The van der Waals surface area contributed by atoms with Gasteiger partial charge in [-0.05, 0) is 67.7 Å². The molecule has 0 fully saturated rings. The minimum atomic E-state index is -1.52. The van der Waals surface area contributed by atoms with E-state index in [4.69, 9.17) is 0 Å². The lowest BCUT2D eigenvalue weighted by Crippen LogP contribution is -2.18. The molecule has 0 aromatic heterocycles. The summed E-state index contributed by atoms with van der Waals surface area (Å²) >= 11 is 8.26. The van der Waals surface area contributed by atoms with Crippen LogP contribution in [0.3, 0.4) is 0 Å². The molecule has 0 bridgehead atoms. The van der Waals surface area contributed by atoms with Gasteiger partial charge in [-0.1, -0.05) is 130 Å². The summed E-state index contributed by atoms with van der Waals surface area (Å²) in [5.74, 6) is 8.79. The largest absolute Gasteiger partial charge is 0.129 e. The maximum absolute atomic E-state index is 4.13. The summed E-state index contributed by atoms with van der Waals surface area (Å²) in [6.45, 7) is 23.3. The first-order valence-electron chi connectivity index (χ1n) is 14.4. The third-order valence-corrected chi connectivity index (χ3v) is 10.3. The molecule has 0 aliphatic rings. The van der Waals surface area contributed by atoms with Gasteiger partial charge >= 0.3 is 0 Å². The number of hydrogen-bond acceptors (Lipinski definition) is 0. The van der Waals surface area contributed by atoms with E-state index in [-0.39, 0.29) is 0 Å². The number of hydrogen-bond donors (Lipinski definition) is 0. The Balaban J connectivity index is 3.92. The van der Waals surface area contributed by atoms with Crippen molar-refractivity contribution in [2.24, 2.45) is 11.8 Å². The summed E-state index contributed by atoms with van der Waals surface area (Å²) in [6, 6.07) is 0. The van der Waals surface area contributed by atoms with Crippen LogP contribution in [0, 0.1) is 34.8 Å². The third-order valence-electron chi connectivity index (χ3n) is 6.77. The van der Waals surface area contributed by atoms with Crippen molar-refractivity contribution in [3.8, 4) is 22.9 Å². The summed E-state index contributed by atoms with van der Waals surface area (Å²) in [4.78, 5) is 0. The number of halogens is 2. The van der Waals surface area contributed by atoms with Gasteiger partial charge in [0.15, 0.2) is 0 Å². The van der Waals surface area contributed by atoms with Crippen molar-refractivity contribution < 1.29 is 0 Å². The number of rotatable bonds is 12. The van der Waals surface area contributed by atoms with Crippen molar-refractivity contribution in [2.45, 2.75) is 131 Å². The van der Waals surface area contributed by atoms with E-state index in [1.807, 2.05) is 0 Å². The molecule has 0 saturated heterocycles. The minimum absolute atomic E-state index is 0.678. The van der Waals surface area contributed by atoms with Crippen molar-refractivity contribution in [2.75, 3.05) is 0 Å². The lowest BCUT2D eigenvalue weighted by molar-refractivity contribution is 0.445. The lowest BCUT2D eigenvalue weighted by atomic mass is 9.85. The molecule has 0 saturated carbocycles. The predicted octanol–water partition coefficient (Wildman–Crippen LogP) is 11.2. The third kappa shape index (κ3) is 11.6. The molecule has 1 aromatic carbocycles. The molecule has 2 atom stereocenters. The van der Waals surface area contributed by atoms with Crippen LogP contribution in [0.1, 0.15) is 101 Å². The molecule has 2 unspecified atom stereocenters. The molecule has 0 heterocycles. The Bertz CT molecular complexity index is 879. The van der Waals surface area contributed by atoms with Crippen LogP contribution < -0.4 is 0 Å². The molecule has 0 aliphatic heterocycles. The van der Waals surface area contributed by atoms with Crippen LogP contribution in [0.15, 0.2) is 8.95 Å². The van der Waals surface area contributed by atoms with Gasteiger partial charge in [0.1, 0.15) is 16.1 Å². The molecule has 4 heteroatoms. The highest BCUT2D eigenvalue weighted by Gasteiger charge is 2.24. The Morgan fingerprint density at radius 3 is 1.19 bits per heavy atom. The lowest BCUT2D eigenvalue weighted by Gasteiger charge is -2.24. The van der Waals surface area contributed by atoms with E-state index in [1.54, 1.807) is 0 Å². The first-order valence-corrected chi connectivity index (χ1v) is 22.9. The summed E-state index contributed by atoms with van der Waals surface area (Å²) in [5.41, 5.74) is 12.6. The normalized spacial score (nSPS) is 13.4. The number of unbranched alkanes of at least 4 members (excludes halogenated alkanes) is 2. The molecule has 1 rings (SSSR count). The Morgan fingerprint density at radius 2 is 0.944 bits per heavy atom. The van der Waals surface area contributed by atoms with Gasteiger partial charge in [0.05, 0.1) is 0 Å². The van der Waals surface area contributed by atoms with Crippen LogP contribution in [-0.2, 0) is 12.8 Å². The second-order valence-corrected chi connectivity index (χ2v) is 23.7. The topological polar surface area (TPSA) is 0 Å². The molecule has 0 spiro atoms. The van der Waals surface area contributed by atoms with Gasteiger partial charge in [0, 0.05) is 20.1 Å². The Labute approximate surface area is 243 Å². The molecule has 0 radical (unpaired) electrons. The van der Waals surface area contributed by atoms with E-state index < -0.39 is 16.1 Å². The zero-order chi connectivity index (χ0) is 27.5. The van der Waals surface area contributed by atoms with Gasteiger partial charge in [-0.15, -0.1) is 11.1 Å². The molecule has 0 aliphatic carbocycles. The second-order valence-electron chi connectivity index (χ2n) is 12.6. The molecule has 1 aromatic rings. The minimum Gasteiger partial charge on any atom is -0.127 e. The highest BCUT2D eigenvalue weighted by Crippen LogP contribution is 2.39. The van der Waals surface area contributed by atoms with E-state index in [0.29, 0.717) is 11.8 Å². The molecular weight excluding hydrogens is 600 g/mol. The van der Waals surface area contributed by atoms with Gasteiger partial charge in [0.25, 0.3) is 0 Å². The Morgan fingerprint density at radius 1 is 0.611 bits per heavy atom. The zero-order valence-corrected chi connectivity index (χ0v) is 30.2. The van der Waals surface area contributed by atoms with Crippen LogP contribution in [0.2, 0.25) is 39.3 Å². The smallest absolute Gasteiger partial charge is 0.127 e. The zero-order valence-electron chi connectivity index (χ0n) is 25.0. The molecule has 0 nitrogen and oxygen atoms in total. The van der Waals surface area contributed by atoms with E-state index in [9.17, 15) is 0 Å². The van der Waals surface area contributed by atoms with Crippen LogP contribution in [0.5, 0.6) is 0 Å². The Kier molecular flexibility index (Phi) is 15.0. The van der Waals surface area contributed by atoms with Crippen molar-refractivity contribution in [3.05, 3.63) is 31.2 Å². The van der Waals surface area contributed by atoms with E-state index in [1.165, 1.54) is 82.6 Å². The molecule has 0 amide bonds. The predicted molar refractivity (Wildman–Crippen MR) is 176 cm³/mol. The Hall–Kier alpha value is -0.266. The van der Waals surface area contributed by atoms with Crippen LogP contribution >= 0.6 is 31.9 Å². The van der Waals surface area contributed by atoms with Gasteiger partial charge in [-0.3, -0.25) is 0 Å². The van der Waals surface area contributed by atoms with Crippen LogP contribution in [0.4, 0.5) is 0 Å². The van der Waals surface area contributed by atoms with E-state index in [2.05, 4.69) is 122 Å². The fourth-order valence-electron chi connectivity index (χ4n) is 4.39. The van der Waals surface area contributed by atoms with Crippen molar-refractivity contribution >= 4 is 48.0 Å². The van der Waals surface area contributed by atoms with Crippen molar-refractivity contribution in [1.82, 2.24) is 0 Å². The quantitative estimate of drug-likeness (QED) is 0.156. The first kappa shape index (κ1) is 33.8. The van der Waals surface area contributed by atoms with Crippen molar-refractivity contribution in [1.29, 1.82) is 0 Å². The van der Waals surface area contributed by atoms with Gasteiger partial charge in [-0.2, -0.15) is 0 Å². The molecular formula is C32H52Br2Si2. The number of benzene rings is 1. The van der Waals surface area contributed by atoms with Gasteiger partial charge < -0.3 is 0 Å². The average molecular weight is 653 g/mol.